The second kappa shape index (κ2) is 3.86. The lowest BCUT2D eigenvalue weighted by atomic mass is 9.80. The van der Waals surface area contributed by atoms with Gasteiger partial charge in [0.15, 0.2) is 0 Å². The number of allylic oxidation sites excluding steroid dienone is 2. The minimum atomic E-state index is 0.193. The summed E-state index contributed by atoms with van der Waals surface area (Å²) in [6.07, 6.45) is 2.94. The summed E-state index contributed by atoms with van der Waals surface area (Å²) in [6.45, 7) is 4.13. The number of nitrogens with two attached hydrogens (primary N) is 1. The van der Waals surface area contributed by atoms with Crippen molar-refractivity contribution in [2.24, 2.45) is 17.6 Å². The van der Waals surface area contributed by atoms with Crippen molar-refractivity contribution in [3.8, 4) is 0 Å². The normalized spacial score (nSPS) is 33.0. The third-order valence-corrected chi connectivity index (χ3v) is 3.60. The summed E-state index contributed by atoms with van der Waals surface area (Å²) < 4.78 is 0. The van der Waals surface area contributed by atoms with Crippen LogP contribution in [0.25, 0.3) is 0 Å². The average Bonchev–Trinajstić information content (AvgIpc) is 2.00. The molecule has 3 unspecified atom stereocenters. The van der Waals surface area contributed by atoms with Gasteiger partial charge in [-0.3, -0.25) is 0 Å². The first-order valence-electron chi connectivity index (χ1n) is 4.19. The van der Waals surface area contributed by atoms with E-state index < -0.39 is 0 Å². The van der Waals surface area contributed by atoms with Crippen LogP contribution >= 0.6 is 23.8 Å². The first kappa shape index (κ1) is 10.2. The highest BCUT2D eigenvalue weighted by atomic mass is 35.5. The van der Waals surface area contributed by atoms with Gasteiger partial charge in [0.2, 0.25) is 0 Å². The first-order valence-corrected chi connectivity index (χ1v) is 4.98. The van der Waals surface area contributed by atoms with E-state index in [0.717, 1.165) is 16.3 Å². The van der Waals surface area contributed by atoms with E-state index in [0.29, 0.717) is 11.8 Å². The van der Waals surface area contributed by atoms with Crippen molar-refractivity contribution in [1.29, 1.82) is 0 Å². The number of thiocarbonyl (C=S) groups is 1. The van der Waals surface area contributed by atoms with Crippen molar-refractivity contribution in [2.45, 2.75) is 26.3 Å². The molecule has 0 aliphatic heterocycles. The molecule has 12 heavy (non-hydrogen) atoms. The topological polar surface area (TPSA) is 26.0 Å². The summed E-state index contributed by atoms with van der Waals surface area (Å²) in [4.78, 5) is 0.866. The Hall–Kier alpha value is 0.0800. The third-order valence-electron chi connectivity index (χ3n) is 2.54. The maximum absolute atomic E-state index is 5.91. The summed E-state index contributed by atoms with van der Waals surface area (Å²) >= 11 is 11.1. The predicted molar refractivity (Wildman–Crippen MR) is 57.5 cm³/mol. The monoisotopic (exact) mass is 203 g/mol. The van der Waals surface area contributed by atoms with E-state index in [9.17, 15) is 0 Å². The van der Waals surface area contributed by atoms with Crippen LogP contribution in [0.4, 0.5) is 0 Å². The van der Waals surface area contributed by atoms with Gasteiger partial charge in [-0.2, -0.15) is 0 Å². The fraction of sp³-hybridized carbons (Fsp3) is 0.667. The molecule has 1 aliphatic carbocycles. The highest BCUT2D eigenvalue weighted by Gasteiger charge is 2.28. The number of halogens is 1. The van der Waals surface area contributed by atoms with Gasteiger partial charge in [0.05, 0.1) is 5.03 Å². The summed E-state index contributed by atoms with van der Waals surface area (Å²) in [5.74, 6) is 0.803. The Kier molecular flexibility index (Phi) is 3.27. The van der Waals surface area contributed by atoms with Gasteiger partial charge in [-0.05, 0) is 25.2 Å². The molecule has 0 fully saturated rings. The molecule has 0 spiro atoms. The lowest BCUT2D eigenvalue weighted by molar-refractivity contribution is 0.378. The molecule has 0 aromatic heterocycles. The number of hydrogen-bond donors (Lipinski definition) is 1. The molecule has 3 heteroatoms. The largest absolute Gasteiger partial charge is 0.328 e. The van der Waals surface area contributed by atoms with Crippen molar-refractivity contribution in [2.75, 3.05) is 0 Å². The van der Waals surface area contributed by atoms with Crippen LogP contribution in [0.1, 0.15) is 20.3 Å². The molecule has 3 atom stereocenters. The Balaban J connectivity index is 2.80. The maximum atomic E-state index is 5.91. The molecule has 0 radical (unpaired) electrons. The Morgan fingerprint density at radius 3 is 2.83 bits per heavy atom. The standard InChI is InChI=1S/C9H14ClNS/c1-5-7(6(2)11)3-4-8(10)9(5)12/h4-7H,3,11H2,1-2H3. The van der Waals surface area contributed by atoms with E-state index in [2.05, 4.69) is 6.92 Å². The van der Waals surface area contributed by atoms with Gasteiger partial charge >= 0.3 is 0 Å². The lowest BCUT2D eigenvalue weighted by Gasteiger charge is -2.30. The molecular formula is C9H14ClNS. The van der Waals surface area contributed by atoms with Gasteiger partial charge in [-0.1, -0.05) is 36.8 Å². The SMILES string of the molecule is CC(N)C1CC=C(Cl)C(=S)C1C. The number of hydrogen-bond acceptors (Lipinski definition) is 2. The van der Waals surface area contributed by atoms with Crippen LogP contribution in [0.15, 0.2) is 11.1 Å². The second-order valence-corrected chi connectivity index (χ2v) is 4.31. The zero-order chi connectivity index (χ0) is 9.30. The van der Waals surface area contributed by atoms with Crippen LogP contribution in [-0.4, -0.2) is 10.9 Å². The van der Waals surface area contributed by atoms with Gasteiger partial charge < -0.3 is 5.73 Å². The van der Waals surface area contributed by atoms with Crippen LogP contribution < -0.4 is 5.73 Å². The van der Waals surface area contributed by atoms with Crippen molar-refractivity contribution in [1.82, 2.24) is 0 Å². The molecule has 0 aromatic rings. The van der Waals surface area contributed by atoms with E-state index >= 15 is 0 Å². The Labute approximate surface area is 84.0 Å². The molecule has 0 aromatic carbocycles. The zero-order valence-corrected chi connectivity index (χ0v) is 8.95. The van der Waals surface area contributed by atoms with Gasteiger partial charge in [0.1, 0.15) is 0 Å². The summed E-state index contributed by atoms with van der Waals surface area (Å²) in [6, 6.07) is 0.193. The van der Waals surface area contributed by atoms with Gasteiger partial charge in [-0.25, -0.2) is 0 Å². The zero-order valence-electron chi connectivity index (χ0n) is 7.38. The molecular weight excluding hydrogens is 190 g/mol. The first-order chi connectivity index (χ1) is 5.54. The minimum absolute atomic E-state index is 0.193. The van der Waals surface area contributed by atoms with E-state index in [1.165, 1.54) is 0 Å². The Bertz CT molecular complexity index is 223. The van der Waals surface area contributed by atoms with E-state index in [4.69, 9.17) is 29.6 Å². The summed E-state index contributed by atoms with van der Waals surface area (Å²) in [7, 11) is 0. The predicted octanol–water partition coefficient (Wildman–Crippen LogP) is 2.48. The van der Waals surface area contributed by atoms with Gasteiger partial charge in [-0.15, -0.1) is 0 Å². The second-order valence-electron chi connectivity index (χ2n) is 3.46. The smallest absolute Gasteiger partial charge is 0.0508 e. The Morgan fingerprint density at radius 1 is 1.75 bits per heavy atom. The van der Waals surface area contributed by atoms with Crippen LogP contribution in [0.3, 0.4) is 0 Å². The van der Waals surface area contributed by atoms with Gasteiger partial charge in [0.25, 0.3) is 0 Å². The minimum Gasteiger partial charge on any atom is -0.328 e. The molecule has 0 saturated heterocycles. The summed E-state index contributed by atoms with van der Waals surface area (Å²) in [5, 5.41) is 0.745. The molecule has 1 nitrogen and oxygen atoms in total. The van der Waals surface area contributed by atoms with Crippen molar-refractivity contribution >= 4 is 28.7 Å². The molecule has 2 N–H and O–H groups in total. The van der Waals surface area contributed by atoms with Crippen molar-refractivity contribution in [3.63, 3.8) is 0 Å². The third kappa shape index (κ3) is 1.87. The van der Waals surface area contributed by atoms with Crippen LogP contribution in [0, 0.1) is 11.8 Å². The molecule has 1 rings (SSSR count). The highest BCUT2D eigenvalue weighted by Crippen LogP contribution is 2.30. The van der Waals surface area contributed by atoms with Crippen molar-refractivity contribution < 1.29 is 0 Å². The van der Waals surface area contributed by atoms with E-state index in [1.54, 1.807) is 0 Å². The highest BCUT2D eigenvalue weighted by molar-refractivity contribution is 7.81. The molecule has 1 aliphatic rings. The van der Waals surface area contributed by atoms with Crippen molar-refractivity contribution in [3.05, 3.63) is 11.1 Å². The van der Waals surface area contributed by atoms with E-state index in [-0.39, 0.29) is 6.04 Å². The molecule has 0 saturated carbocycles. The van der Waals surface area contributed by atoms with Crippen LogP contribution in [0.2, 0.25) is 0 Å². The van der Waals surface area contributed by atoms with E-state index in [1.807, 2.05) is 13.0 Å². The van der Waals surface area contributed by atoms with Gasteiger partial charge in [0, 0.05) is 10.9 Å². The lowest BCUT2D eigenvalue weighted by Crippen LogP contribution is -2.36. The fourth-order valence-electron chi connectivity index (χ4n) is 1.63. The maximum Gasteiger partial charge on any atom is 0.0508 e. The van der Waals surface area contributed by atoms with Crippen LogP contribution in [0.5, 0.6) is 0 Å². The molecule has 0 bridgehead atoms. The molecule has 0 heterocycles. The molecule has 68 valence electrons. The number of rotatable bonds is 1. The average molecular weight is 204 g/mol. The quantitative estimate of drug-likeness (QED) is 0.663. The fourth-order valence-corrected chi connectivity index (χ4v) is 2.15. The van der Waals surface area contributed by atoms with Crippen LogP contribution in [-0.2, 0) is 0 Å². The molecule has 0 amide bonds. The summed E-state index contributed by atoms with van der Waals surface area (Å²) in [5.41, 5.74) is 5.83. The Morgan fingerprint density at radius 2 is 2.33 bits per heavy atom.